The lowest BCUT2D eigenvalue weighted by Crippen LogP contribution is -2.30. The minimum Gasteiger partial charge on any atom is -0.480 e. The second-order valence-corrected chi connectivity index (χ2v) is 5.59. The molecule has 0 fully saturated rings. The minimum atomic E-state index is -1.21. The predicted octanol–water partition coefficient (Wildman–Crippen LogP) is 2.52. The molecule has 0 spiro atoms. The van der Waals surface area contributed by atoms with E-state index in [1.54, 1.807) is 24.3 Å². The number of aromatic carboxylic acids is 2. The number of nitrogens with two attached hydrogens (primary N) is 1. The van der Waals surface area contributed by atoms with E-state index in [9.17, 15) is 14.4 Å². The van der Waals surface area contributed by atoms with E-state index in [0.717, 1.165) is 11.6 Å². The maximum atomic E-state index is 11.2. The van der Waals surface area contributed by atoms with E-state index in [-0.39, 0.29) is 30.0 Å². The number of hydrogen-bond acceptors (Lipinski definition) is 4. The van der Waals surface area contributed by atoms with Gasteiger partial charge >= 0.3 is 17.9 Å². The van der Waals surface area contributed by atoms with Gasteiger partial charge in [0.2, 0.25) is 0 Å². The van der Waals surface area contributed by atoms with Crippen LogP contribution in [0.3, 0.4) is 0 Å². The molecule has 0 aliphatic rings. The van der Waals surface area contributed by atoms with Gasteiger partial charge in [0.25, 0.3) is 0 Å². The molecule has 0 amide bonds. The van der Waals surface area contributed by atoms with Crippen LogP contribution in [-0.4, -0.2) is 39.3 Å². The van der Waals surface area contributed by atoms with Crippen molar-refractivity contribution in [2.45, 2.75) is 18.9 Å². The third-order valence-electron chi connectivity index (χ3n) is 3.75. The third kappa shape index (κ3) is 5.30. The highest BCUT2D eigenvalue weighted by Gasteiger charge is 2.14. The van der Waals surface area contributed by atoms with Gasteiger partial charge in [-0.3, -0.25) is 4.79 Å². The Hall–Kier alpha value is -2.90. The summed E-state index contributed by atoms with van der Waals surface area (Å²) in [5.41, 5.74) is 7.19. The summed E-state index contributed by atoms with van der Waals surface area (Å²) in [5, 5.41) is 27.1. The number of carboxylic acids is 3. The monoisotopic (exact) mass is 379 g/mol. The maximum absolute atomic E-state index is 11.2. The van der Waals surface area contributed by atoms with Crippen LogP contribution in [0, 0.1) is 0 Å². The molecule has 2 rings (SSSR count). The molecule has 7 nitrogen and oxygen atoms in total. The highest BCUT2D eigenvalue weighted by molar-refractivity contribution is 5.96. The predicted molar refractivity (Wildman–Crippen MR) is 97.0 cm³/mol. The van der Waals surface area contributed by atoms with Crippen molar-refractivity contribution in [1.29, 1.82) is 0 Å². The molecule has 2 aromatic carbocycles. The van der Waals surface area contributed by atoms with Crippen molar-refractivity contribution in [3.05, 3.63) is 59.2 Å². The first kappa shape index (κ1) is 21.1. The Kier molecular flexibility index (Phi) is 7.30. The number of benzene rings is 2. The highest BCUT2D eigenvalue weighted by atomic mass is 35.5. The average Bonchev–Trinajstić information content (AvgIpc) is 2.59. The van der Waals surface area contributed by atoms with Crippen LogP contribution in [0.5, 0.6) is 0 Å². The lowest BCUT2D eigenvalue weighted by atomic mass is 9.96. The SMILES string of the molecule is Cl.NC(CCc1cccc(-c2cc(C(=O)O)cc(C(=O)O)c2)c1)C(=O)O. The first-order valence-electron chi connectivity index (χ1n) is 7.47. The van der Waals surface area contributed by atoms with Crippen LogP contribution in [0.25, 0.3) is 11.1 Å². The lowest BCUT2D eigenvalue weighted by Gasteiger charge is -2.09. The van der Waals surface area contributed by atoms with Crippen molar-refractivity contribution in [2.75, 3.05) is 0 Å². The fourth-order valence-corrected chi connectivity index (χ4v) is 2.39. The number of aryl methyl sites for hydroxylation is 1. The Morgan fingerprint density at radius 1 is 0.885 bits per heavy atom. The Balaban J connectivity index is 0.00000338. The van der Waals surface area contributed by atoms with Gasteiger partial charge in [0.05, 0.1) is 11.1 Å². The summed E-state index contributed by atoms with van der Waals surface area (Å²) in [7, 11) is 0. The van der Waals surface area contributed by atoms with E-state index >= 15 is 0 Å². The molecule has 0 aliphatic carbocycles. The molecule has 2 aromatic rings. The van der Waals surface area contributed by atoms with Crippen LogP contribution in [0.2, 0.25) is 0 Å². The third-order valence-corrected chi connectivity index (χ3v) is 3.75. The first-order chi connectivity index (χ1) is 11.8. The summed E-state index contributed by atoms with van der Waals surface area (Å²) >= 11 is 0. The zero-order valence-electron chi connectivity index (χ0n) is 13.6. The van der Waals surface area contributed by atoms with E-state index in [0.29, 0.717) is 17.5 Å². The smallest absolute Gasteiger partial charge is 0.335 e. The normalized spacial score (nSPS) is 11.3. The standard InChI is InChI=1S/C18H17NO6.ClH/c19-15(18(24)25)5-4-10-2-1-3-11(6-10)12-7-13(16(20)21)9-14(8-12)17(22)23;/h1-3,6-9,15H,4-5,19H2,(H,20,21)(H,22,23)(H,24,25);1H. The Morgan fingerprint density at radius 3 is 1.96 bits per heavy atom. The largest absolute Gasteiger partial charge is 0.480 e. The lowest BCUT2D eigenvalue weighted by molar-refractivity contribution is -0.138. The van der Waals surface area contributed by atoms with Crippen LogP contribution in [-0.2, 0) is 11.2 Å². The van der Waals surface area contributed by atoms with Gasteiger partial charge in [-0.25, -0.2) is 9.59 Å². The van der Waals surface area contributed by atoms with E-state index in [4.69, 9.17) is 21.1 Å². The molecule has 0 saturated carbocycles. The summed E-state index contributed by atoms with van der Waals surface area (Å²) in [6.45, 7) is 0. The van der Waals surface area contributed by atoms with Gasteiger partial charge < -0.3 is 21.1 Å². The molecule has 138 valence electrons. The molecule has 0 aliphatic heterocycles. The average molecular weight is 380 g/mol. The fraction of sp³-hybridized carbons (Fsp3) is 0.167. The van der Waals surface area contributed by atoms with Crippen molar-refractivity contribution in [2.24, 2.45) is 5.73 Å². The Bertz CT molecular complexity index is 804. The molecule has 0 aromatic heterocycles. The second-order valence-electron chi connectivity index (χ2n) is 5.59. The minimum absolute atomic E-state index is 0. The van der Waals surface area contributed by atoms with Crippen LogP contribution in [0.1, 0.15) is 32.7 Å². The van der Waals surface area contributed by atoms with Crippen LogP contribution in [0.4, 0.5) is 0 Å². The van der Waals surface area contributed by atoms with Gasteiger partial charge in [-0.15, -0.1) is 12.4 Å². The first-order valence-corrected chi connectivity index (χ1v) is 7.47. The van der Waals surface area contributed by atoms with Gasteiger partial charge in [0.15, 0.2) is 0 Å². The van der Waals surface area contributed by atoms with Gasteiger partial charge in [-0.05, 0) is 47.7 Å². The molecular formula is C18H18ClNO6. The number of rotatable bonds is 7. The van der Waals surface area contributed by atoms with Crippen molar-refractivity contribution in [3.8, 4) is 11.1 Å². The zero-order chi connectivity index (χ0) is 18.6. The van der Waals surface area contributed by atoms with E-state index in [1.165, 1.54) is 12.1 Å². The number of halogens is 1. The summed E-state index contributed by atoms with van der Waals surface area (Å²) < 4.78 is 0. The molecule has 0 bridgehead atoms. The highest BCUT2D eigenvalue weighted by Crippen LogP contribution is 2.24. The number of carboxylic acid groups (broad SMARTS) is 3. The topological polar surface area (TPSA) is 138 Å². The Labute approximate surface area is 155 Å². The van der Waals surface area contributed by atoms with Crippen LogP contribution in [0.15, 0.2) is 42.5 Å². The van der Waals surface area contributed by atoms with Gasteiger partial charge in [-0.2, -0.15) is 0 Å². The van der Waals surface area contributed by atoms with Gasteiger partial charge in [0, 0.05) is 0 Å². The molecule has 0 radical (unpaired) electrons. The molecular weight excluding hydrogens is 362 g/mol. The van der Waals surface area contributed by atoms with Crippen LogP contribution >= 0.6 is 12.4 Å². The summed E-state index contributed by atoms with van der Waals surface area (Å²) in [4.78, 5) is 33.2. The molecule has 0 heterocycles. The van der Waals surface area contributed by atoms with Crippen molar-refractivity contribution in [3.63, 3.8) is 0 Å². The molecule has 1 unspecified atom stereocenters. The molecule has 5 N–H and O–H groups in total. The molecule has 1 atom stereocenters. The Morgan fingerprint density at radius 2 is 1.46 bits per heavy atom. The van der Waals surface area contributed by atoms with Crippen molar-refractivity contribution in [1.82, 2.24) is 0 Å². The molecule has 0 saturated heterocycles. The number of hydrogen-bond donors (Lipinski definition) is 4. The summed E-state index contributed by atoms with van der Waals surface area (Å²) in [6, 6.07) is 9.98. The molecule has 26 heavy (non-hydrogen) atoms. The van der Waals surface area contributed by atoms with Crippen LogP contribution < -0.4 is 5.73 Å². The van der Waals surface area contributed by atoms with E-state index in [2.05, 4.69) is 0 Å². The maximum Gasteiger partial charge on any atom is 0.335 e. The fourth-order valence-electron chi connectivity index (χ4n) is 2.39. The zero-order valence-corrected chi connectivity index (χ0v) is 14.4. The number of carbonyl (C=O) groups is 3. The molecule has 8 heteroatoms. The van der Waals surface area contributed by atoms with Gasteiger partial charge in [0.1, 0.15) is 6.04 Å². The van der Waals surface area contributed by atoms with E-state index in [1.807, 2.05) is 0 Å². The van der Waals surface area contributed by atoms with Gasteiger partial charge in [-0.1, -0.05) is 24.3 Å². The van der Waals surface area contributed by atoms with Crippen molar-refractivity contribution < 1.29 is 29.7 Å². The summed E-state index contributed by atoms with van der Waals surface area (Å²) in [6.07, 6.45) is 0.694. The second kappa shape index (κ2) is 8.98. The van der Waals surface area contributed by atoms with E-state index < -0.39 is 23.9 Å². The van der Waals surface area contributed by atoms with Crippen molar-refractivity contribution >= 4 is 30.3 Å². The quantitative estimate of drug-likeness (QED) is 0.579. The summed E-state index contributed by atoms with van der Waals surface area (Å²) in [5.74, 6) is -3.50. The number of aliphatic carboxylic acids is 1.